The van der Waals surface area contributed by atoms with Gasteiger partial charge in [0, 0.05) is 72.8 Å². The van der Waals surface area contributed by atoms with E-state index in [9.17, 15) is 71.9 Å². The molecule has 0 spiro atoms. The van der Waals surface area contributed by atoms with Crippen LogP contribution in [0.5, 0.6) is 11.6 Å². The van der Waals surface area contributed by atoms with Crippen LogP contribution in [0.1, 0.15) is 83.6 Å². The number of hydrogen-bond donors (Lipinski definition) is 12. The number of urea groups is 2. The highest BCUT2D eigenvalue weighted by Crippen LogP contribution is 2.35. The van der Waals surface area contributed by atoms with Gasteiger partial charge in [-0.1, -0.05) is 13.8 Å². The second-order valence-corrected chi connectivity index (χ2v) is 22.0. The minimum Gasteiger partial charge on any atom is -0.493 e. The van der Waals surface area contributed by atoms with Gasteiger partial charge in [-0.3, -0.25) is 33.0 Å². The number of aliphatic carboxylic acids is 4. The van der Waals surface area contributed by atoms with E-state index < -0.39 is 137 Å². The largest absolute Gasteiger partial charge is 0.493 e. The molecule has 8 amide bonds. The molecule has 0 saturated carbocycles. The predicted octanol–water partition coefficient (Wildman–Crippen LogP) is 2.09. The van der Waals surface area contributed by atoms with Gasteiger partial charge in [-0.25, -0.2) is 32.9 Å². The van der Waals surface area contributed by atoms with Crippen LogP contribution >= 0.6 is 0 Å². The fourth-order valence-electron chi connectivity index (χ4n) is 8.98. The van der Waals surface area contributed by atoms with E-state index in [0.717, 1.165) is 17.2 Å². The summed E-state index contributed by atoms with van der Waals surface area (Å²) in [5, 5.41) is 54.4. The number of thiol groups is 1. The van der Waals surface area contributed by atoms with E-state index in [1.54, 1.807) is 13.8 Å². The number of pyridine rings is 2. The van der Waals surface area contributed by atoms with Crippen LogP contribution in [0.2, 0.25) is 0 Å². The molecule has 90 heavy (non-hydrogen) atoms. The Kier molecular flexibility index (Phi) is 29.7. The number of fused-ring (bicyclic) bond motifs is 6. The van der Waals surface area contributed by atoms with E-state index >= 15 is 4.39 Å². The Hall–Kier alpha value is -8.89. The third-order valence-electron chi connectivity index (χ3n) is 13.4. The summed E-state index contributed by atoms with van der Waals surface area (Å²) in [6, 6.07) is -0.420. The maximum atomic E-state index is 15.1. The number of carbonyl (C=O) groups is 10. The summed E-state index contributed by atoms with van der Waals surface area (Å²) in [7, 11) is -2.66. The van der Waals surface area contributed by atoms with Gasteiger partial charge in [-0.15, -0.1) is 0 Å². The smallest absolute Gasteiger partial charge is 0.326 e. The molecule has 11 N–H and O–H groups in total. The second-order valence-electron chi connectivity index (χ2n) is 20.7. The molecule has 2 aliphatic heterocycles. The summed E-state index contributed by atoms with van der Waals surface area (Å²) in [4.78, 5) is 134. The quantitative estimate of drug-likeness (QED) is 0.0301. The summed E-state index contributed by atoms with van der Waals surface area (Å²) in [6.45, 7) is 4.24. The standard InChI is InChI=1S/C56H75F2N11O20S/c1-32(2)49(51(76)68-90(84)31-33-25-44-65-43-28-36(37(58)30-61-43)35-10-9-34(57)27-42(35)88-17-6-18-89-46(26-33)66-44)67-50(75)41-8-5-16-69(41)52(77)40(29-48(73)74)62-45(70)13-19-85-21-23-87-24-22-86-20-15-60-55(82)59-14-4-3-7-38(53(78)79)63-56(83)64-39(54(80)81)11-12-47(71)72/h9-10,25-28,30,32,38-41,49,90H,3-8,11-24,29,31H2,1-2H3,(H,62,70)(H,67,75)(H,71,72)(H,73,74)(H,78,79)(H,80,81)(H2,59,60,82)(H,61,65,66)(H2,63,64,83)/t38-,39-,40-,41-,49-/m0/s1. The van der Waals surface area contributed by atoms with E-state index in [0.29, 0.717) is 24.8 Å². The Bertz CT molecular complexity index is 3100. The Labute approximate surface area is 516 Å². The van der Waals surface area contributed by atoms with E-state index in [1.165, 1.54) is 30.3 Å². The number of hydrogen-bond acceptors (Lipinski definition) is 19. The molecule has 3 aromatic rings. The molecule has 1 saturated heterocycles. The summed E-state index contributed by atoms with van der Waals surface area (Å²) in [5.41, 5.74) is 0.724. The number of halogens is 2. The number of nitrogens with zero attached hydrogens (tertiary/aromatic N) is 4. The number of rotatable bonds is 34. The maximum Gasteiger partial charge on any atom is 0.326 e. The number of aromatic nitrogens is 2. The third-order valence-corrected chi connectivity index (χ3v) is 14.5. The molecule has 31 nitrogen and oxygen atoms in total. The lowest BCUT2D eigenvalue weighted by Crippen LogP contribution is -2.56. The van der Waals surface area contributed by atoms with Crippen LogP contribution in [-0.2, 0) is 68.9 Å². The van der Waals surface area contributed by atoms with E-state index in [-0.39, 0.29) is 138 Å². The number of carbonyl (C=O) groups excluding carboxylic acids is 6. The molecule has 1 unspecified atom stereocenters. The lowest BCUT2D eigenvalue weighted by Gasteiger charge is -2.29. The van der Waals surface area contributed by atoms with E-state index in [2.05, 4.69) is 46.2 Å². The lowest BCUT2D eigenvalue weighted by atomic mass is 10.0. The van der Waals surface area contributed by atoms with Crippen LogP contribution in [0.4, 0.5) is 30.0 Å². The highest BCUT2D eigenvalue weighted by atomic mass is 32.2. The molecule has 4 heterocycles. The van der Waals surface area contributed by atoms with E-state index in [4.69, 9.17) is 28.8 Å². The molecule has 0 aliphatic carbocycles. The highest BCUT2D eigenvalue weighted by Gasteiger charge is 2.40. The summed E-state index contributed by atoms with van der Waals surface area (Å²) >= 11 is 0. The van der Waals surface area contributed by atoms with Gasteiger partial charge in [-0.2, -0.15) is 9.35 Å². The monoisotopic (exact) mass is 1290 g/mol. The molecule has 5 rings (SSSR count). The average Bonchev–Trinajstić information content (AvgIpc) is 1.38. The highest BCUT2D eigenvalue weighted by molar-refractivity contribution is 7.74. The number of unbranched alkanes of at least 4 members (excludes halogenated alkanes) is 1. The molecule has 1 aromatic carbocycles. The Morgan fingerprint density at radius 1 is 0.733 bits per heavy atom. The molecule has 1 fully saturated rings. The molecule has 2 aliphatic rings. The zero-order valence-corrected chi connectivity index (χ0v) is 50.3. The van der Waals surface area contributed by atoms with Crippen LogP contribution < -0.4 is 46.7 Å². The number of carboxylic acids is 4. The van der Waals surface area contributed by atoms with Gasteiger partial charge in [0.15, 0.2) is 0 Å². The molecule has 0 radical (unpaired) electrons. The number of ether oxygens (including phenoxy) is 5. The van der Waals surface area contributed by atoms with Gasteiger partial charge in [0.2, 0.25) is 23.6 Å². The second kappa shape index (κ2) is 37.2. The van der Waals surface area contributed by atoms with Crippen molar-refractivity contribution < 1.29 is 105 Å². The minimum absolute atomic E-state index is 0.0374. The summed E-state index contributed by atoms with van der Waals surface area (Å²) < 4.78 is 74.7. The normalized spacial score (nSPS) is 15.3. The molecule has 34 heteroatoms. The number of anilines is 2. The first-order chi connectivity index (χ1) is 43.0. The van der Waals surface area contributed by atoms with Gasteiger partial charge in [0.05, 0.1) is 71.2 Å². The molecule has 6 atom stereocenters. The van der Waals surface area contributed by atoms with Gasteiger partial charge < -0.3 is 86.2 Å². The Morgan fingerprint density at radius 2 is 1.41 bits per heavy atom. The topological polar surface area (TPSA) is 440 Å². The van der Waals surface area contributed by atoms with Crippen LogP contribution in [-0.4, -0.2) is 202 Å². The van der Waals surface area contributed by atoms with Crippen molar-refractivity contribution in [2.45, 2.75) is 114 Å². The molecular formula is C56H75F2N11O20S. The van der Waals surface area contributed by atoms with Crippen molar-refractivity contribution in [2.24, 2.45) is 10.3 Å². The number of amides is 8. The fraction of sp³-hybridized carbons (Fsp3) is 0.536. The van der Waals surface area contributed by atoms with Crippen molar-refractivity contribution in [1.29, 1.82) is 0 Å². The first kappa shape index (κ1) is 71.9. The van der Waals surface area contributed by atoms with Crippen LogP contribution in [0.15, 0.2) is 47.0 Å². The van der Waals surface area contributed by atoms with Crippen LogP contribution in [0.3, 0.4) is 0 Å². The average molecular weight is 1290 g/mol. The SMILES string of the molecule is CC(C)[C@H](NC(=O)[C@@H]1CCCN1C(=O)[C@H](CC(=O)O)NC(=O)CCOCCOCCOCCNC(=O)NCCCC[C@H](NC(=O)N[C@@H](CCC(=O)O)C(=O)O)C(=O)O)C(=O)N=[SH](=O)Cc1cc2nc(c1)OCCCOc1cc(F)ccc1-c1cc(ncc1F)N2. The number of nitrogens with one attached hydrogen (secondary N) is 7. The fourth-order valence-corrected chi connectivity index (χ4v) is 9.89. The van der Waals surface area contributed by atoms with Gasteiger partial charge in [0.25, 0.3) is 5.91 Å². The molecular weight excluding hydrogens is 1220 g/mol. The third kappa shape index (κ3) is 24.9. The predicted molar refractivity (Wildman–Crippen MR) is 313 cm³/mol. The van der Waals surface area contributed by atoms with E-state index in [1.807, 2.05) is 5.32 Å². The van der Waals surface area contributed by atoms with Gasteiger partial charge >= 0.3 is 35.9 Å². The molecule has 494 valence electrons. The van der Waals surface area contributed by atoms with Crippen molar-refractivity contribution in [3.8, 4) is 22.8 Å². The molecule has 4 bridgehead atoms. The minimum atomic E-state index is -2.66. The number of benzene rings is 1. The van der Waals surface area contributed by atoms with Crippen LogP contribution in [0.25, 0.3) is 11.1 Å². The number of carboxylic acid groups (broad SMARTS) is 4. The van der Waals surface area contributed by atoms with Gasteiger partial charge in [-0.05, 0) is 74.3 Å². The van der Waals surface area contributed by atoms with Gasteiger partial charge in [0.1, 0.15) is 59.2 Å². The Balaban J connectivity index is 0.988. The van der Waals surface area contributed by atoms with Crippen molar-refractivity contribution in [1.82, 2.24) is 46.8 Å². The van der Waals surface area contributed by atoms with Crippen molar-refractivity contribution in [3.63, 3.8) is 0 Å². The van der Waals surface area contributed by atoms with Crippen LogP contribution in [0, 0.1) is 17.6 Å². The number of likely N-dealkylation sites (tertiary alicyclic amines) is 1. The molecule has 2 aromatic heterocycles. The summed E-state index contributed by atoms with van der Waals surface area (Å²) in [5.74, 6) is -10.3. The van der Waals surface area contributed by atoms with Crippen molar-refractivity contribution in [2.75, 3.05) is 77.8 Å². The zero-order valence-electron chi connectivity index (χ0n) is 49.4. The Morgan fingerprint density at radius 3 is 2.10 bits per heavy atom. The zero-order chi connectivity index (χ0) is 65.7. The van der Waals surface area contributed by atoms with Crippen molar-refractivity contribution in [3.05, 3.63) is 59.8 Å². The lowest BCUT2D eigenvalue weighted by molar-refractivity contribution is -0.146. The summed E-state index contributed by atoms with van der Waals surface area (Å²) in [6.07, 6.45) is 0.316. The van der Waals surface area contributed by atoms with Crippen molar-refractivity contribution >= 4 is 81.8 Å². The first-order valence-corrected chi connectivity index (χ1v) is 30.2. The maximum absolute atomic E-state index is 15.1. The first-order valence-electron chi connectivity index (χ1n) is 28.8.